The molecule has 0 aromatic rings. The standard InChI is InChI=1S/C10H18FNO3/c11-10-13-7-1-4-12(5-2-8-14-10)6-3-9-15-10/h1-9H2. The van der Waals surface area contributed by atoms with Crippen LogP contribution < -0.4 is 0 Å². The van der Waals surface area contributed by atoms with Gasteiger partial charge in [-0.2, -0.15) is 4.39 Å². The van der Waals surface area contributed by atoms with Crippen molar-refractivity contribution in [3.05, 3.63) is 0 Å². The van der Waals surface area contributed by atoms with E-state index >= 15 is 0 Å². The maximum Gasteiger partial charge on any atom is 0.448 e. The van der Waals surface area contributed by atoms with E-state index in [1.807, 2.05) is 0 Å². The van der Waals surface area contributed by atoms with Crippen LogP contribution in [0.2, 0.25) is 0 Å². The highest BCUT2D eigenvalue weighted by atomic mass is 19.2. The SMILES string of the molecule is FC12OCCCN(CCCO1)CCCO2. The Kier molecular flexibility index (Phi) is 3.91. The molecular weight excluding hydrogens is 201 g/mol. The number of nitrogens with zero attached hydrogens (tertiary/aromatic N) is 1. The Morgan fingerprint density at radius 2 is 1.20 bits per heavy atom. The molecule has 3 heterocycles. The van der Waals surface area contributed by atoms with Gasteiger partial charge in [0.15, 0.2) is 0 Å². The smallest absolute Gasteiger partial charge is 0.303 e. The van der Waals surface area contributed by atoms with Gasteiger partial charge in [0, 0.05) is 19.6 Å². The van der Waals surface area contributed by atoms with Crippen molar-refractivity contribution in [1.82, 2.24) is 4.90 Å². The largest absolute Gasteiger partial charge is 0.448 e. The molecule has 3 aliphatic heterocycles. The highest BCUT2D eigenvalue weighted by molar-refractivity contribution is 4.62. The predicted molar refractivity (Wildman–Crippen MR) is 52.0 cm³/mol. The number of ether oxygens (including phenoxy) is 3. The zero-order valence-electron chi connectivity index (χ0n) is 8.91. The summed E-state index contributed by atoms with van der Waals surface area (Å²) >= 11 is 0. The van der Waals surface area contributed by atoms with Gasteiger partial charge in [-0.25, -0.2) is 0 Å². The fourth-order valence-electron chi connectivity index (χ4n) is 1.91. The van der Waals surface area contributed by atoms with Gasteiger partial charge in [-0.15, -0.1) is 0 Å². The van der Waals surface area contributed by atoms with E-state index in [1.54, 1.807) is 0 Å². The quantitative estimate of drug-likeness (QED) is 0.611. The first-order valence-electron chi connectivity index (χ1n) is 5.62. The van der Waals surface area contributed by atoms with Crippen LogP contribution in [0.1, 0.15) is 19.3 Å². The van der Waals surface area contributed by atoms with Gasteiger partial charge in [-0.1, -0.05) is 0 Å². The molecule has 3 fully saturated rings. The summed E-state index contributed by atoms with van der Waals surface area (Å²) in [7, 11) is 0. The average molecular weight is 219 g/mol. The van der Waals surface area contributed by atoms with Crippen LogP contribution in [0.25, 0.3) is 0 Å². The Balaban J connectivity index is 2.02. The van der Waals surface area contributed by atoms with Crippen molar-refractivity contribution >= 4 is 0 Å². The maximum atomic E-state index is 13.9. The number of halogens is 1. The van der Waals surface area contributed by atoms with Gasteiger partial charge in [0.1, 0.15) is 0 Å². The Bertz CT molecular complexity index is 172. The molecule has 0 N–H and O–H groups in total. The molecule has 0 atom stereocenters. The van der Waals surface area contributed by atoms with Gasteiger partial charge >= 0.3 is 6.23 Å². The third kappa shape index (κ3) is 3.38. The van der Waals surface area contributed by atoms with Gasteiger partial charge in [0.25, 0.3) is 0 Å². The summed E-state index contributed by atoms with van der Waals surface area (Å²) in [5.41, 5.74) is 0. The van der Waals surface area contributed by atoms with Crippen LogP contribution in [-0.4, -0.2) is 50.6 Å². The second-order valence-corrected chi connectivity index (χ2v) is 3.93. The molecule has 2 bridgehead atoms. The molecule has 0 aromatic carbocycles. The molecule has 3 saturated heterocycles. The lowest BCUT2D eigenvalue weighted by Crippen LogP contribution is -2.41. The lowest BCUT2D eigenvalue weighted by Gasteiger charge is -2.31. The van der Waals surface area contributed by atoms with Crippen LogP contribution in [-0.2, 0) is 14.2 Å². The van der Waals surface area contributed by atoms with Crippen molar-refractivity contribution in [1.29, 1.82) is 0 Å². The minimum atomic E-state index is -2.31. The molecule has 3 rings (SSSR count). The van der Waals surface area contributed by atoms with E-state index < -0.39 is 6.23 Å². The first-order valence-corrected chi connectivity index (χ1v) is 5.62. The van der Waals surface area contributed by atoms with Crippen LogP contribution >= 0.6 is 0 Å². The van der Waals surface area contributed by atoms with Gasteiger partial charge in [-0.3, -0.25) is 14.2 Å². The van der Waals surface area contributed by atoms with Gasteiger partial charge < -0.3 is 4.90 Å². The molecule has 0 saturated carbocycles. The third-order valence-corrected chi connectivity index (χ3v) is 2.68. The topological polar surface area (TPSA) is 30.9 Å². The summed E-state index contributed by atoms with van der Waals surface area (Å²) in [6.07, 6.45) is 0.148. The molecule has 0 spiro atoms. The normalized spacial score (nSPS) is 39.4. The molecule has 0 unspecified atom stereocenters. The summed E-state index contributed by atoms with van der Waals surface area (Å²) in [6, 6.07) is 0. The van der Waals surface area contributed by atoms with E-state index in [0.717, 1.165) is 38.9 Å². The molecule has 0 amide bonds. The predicted octanol–water partition coefficient (Wildman–Crippen LogP) is 1.12. The van der Waals surface area contributed by atoms with E-state index in [2.05, 4.69) is 4.90 Å². The molecule has 15 heavy (non-hydrogen) atoms. The van der Waals surface area contributed by atoms with Gasteiger partial charge in [0.2, 0.25) is 0 Å². The Morgan fingerprint density at radius 3 is 1.60 bits per heavy atom. The zero-order chi connectivity index (χ0) is 10.6. The van der Waals surface area contributed by atoms with Crippen molar-refractivity contribution in [3.63, 3.8) is 0 Å². The first kappa shape index (κ1) is 11.3. The average Bonchev–Trinajstić information content (AvgIpc) is 2.26. The van der Waals surface area contributed by atoms with Crippen LogP contribution in [0.3, 0.4) is 0 Å². The molecule has 0 radical (unpaired) electrons. The van der Waals surface area contributed by atoms with Crippen LogP contribution in [0.5, 0.6) is 0 Å². The minimum Gasteiger partial charge on any atom is -0.303 e. The van der Waals surface area contributed by atoms with Crippen molar-refractivity contribution in [2.75, 3.05) is 39.5 Å². The molecule has 0 aliphatic carbocycles. The first-order chi connectivity index (χ1) is 7.29. The lowest BCUT2D eigenvalue weighted by molar-refractivity contribution is -0.451. The van der Waals surface area contributed by atoms with E-state index in [4.69, 9.17) is 14.2 Å². The Morgan fingerprint density at radius 1 is 0.800 bits per heavy atom. The Hall–Kier alpha value is -0.230. The van der Waals surface area contributed by atoms with E-state index in [0.29, 0.717) is 19.8 Å². The van der Waals surface area contributed by atoms with Crippen LogP contribution in [0.4, 0.5) is 4.39 Å². The molecule has 5 heteroatoms. The second kappa shape index (κ2) is 5.21. The second-order valence-electron chi connectivity index (χ2n) is 3.93. The van der Waals surface area contributed by atoms with Crippen molar-refractivity contribution in [3.8, 4) is 0 Å². The number of hydrogen-bond acceptors (Lipinski definition) is 4. The summed E-state index contributed by atoms with van der Waals surface area (Å²) in [5, 5.41) is 0. The van der Waals surface area contributed by atoms with Gasteiger partial charge in [0.05, 0.1) is 19.8 Å². The summed E-state index contributed by atoms with van der Waals surface area (Å²) < 4.78 is 28.8. The number of fused-ring (bicyclic) bond motifs is 9. The third-order valence-electron chi connectivity index (χ3n) is 2.68. The van der Waals surface area contributed by atoms with E-state index in [-0.39, 0.29) is 0 Å². The van der Waals surface area contributed by atoms with Gasteiger partial charge in [-0.05, 0) is 19.3 Å². The highest BCUT2D eigenvalue weighted by Gasteiger charge is 2.34. The van der Waals surface area contributed by atoms with Crippen LogP contribution in [0.15, 0.2) is 0 Å². The fraction of sp³-hybridized carbons (Fsp3) is 1.00. The van der Waals surface area contributed by atoms with Crippen molar-refractivity contribution < 1.29 is 18.6 Å². The monoisotopic (exact) mass is 219 g/mol. The minimum absolute atomic E-state index is 0.340. The molecule has 3 aliphatic rings. The van der Waals surface area contributed by atoms with Crippen molar-refractivity contribution in [2.24, 2.45) is 0 Å². The van der Waals surface area contributed by atoms with E-state index in [1.165, 1.54) is 0 Å². The van der Waals surface area contributed by atoms with Crippen molar-refractivity contribution in [2.45, 2.75) is 25.5 Å². The Labute approximate surface area is 89.3 Å². The molecular formula is C10H18FNO3. The molecule has 88 valence electrons. The van der Waals surface area contributed by atoms with Crippen LogP contribution in [0, 0.1) is 0 Å². The summed E-state index contributed by atoms with van der Waals surface area (Å²) in [5.74, 6) is 0. The molecule has 4 nitrogen and oxygen atoms in total. The maximum absolute atomic E-state index is 13.9. The summed E-state index contributed by atoms with van der Waals surface area (Å²) in [6.45, 7) is 3.93. The fourth-order valence-corrected chi connectivity index (χ4v) is 1.91. The molecule has 0 aromatic heterocycles. The highest BCUT2D eigenvalue weighted by Crippen LogP contribution is 2.21. The number of alkyl halides is 1. The van der Waals surface area contributed by atoms with E-state index in [9.17, 15) is 4.39 Å². The lowest BCUT2D eigenvalue weighted by atomic mass is 10.3. The zero-order valence-corrected chi connectivity index (χ0v) is 8.91. The summed E-state index contributed by atoms with van der Waals surface area (Å²) in [4.78, 5) is 2.35. The number of hydrogen-bond donors (Lipinski definition) is 0. The number of rotatable bonds is 0.